The van der Waals surface area contributed by atoms with Crippen LogP contribution in [-0.2, 0) is 9.53 Å². The Kier molecular flexibility index (Phi) is 4.06. The van der Waals surface area contributed by atoms with Crippen LogP contribution in [0.4, 0.5) is 4.79 Å². The second kappa shape index (κ2) is 5.56. The first-order valence-corrected chi connectivity index (χ1v) is 6.47. The topological polar surface area (TPSA) is 87.7 Å². The lowest BCUT2D eigenvalue weighted by Gasteiger charge is -2.33. The third-order valence-electron chi connectivity index (χ3n) is 3.58. The fourth-order valence-electron chi connectivity index (χ4n) is 2.50. The molecule has 2 rings (SSSR count). The van der Waals surface area contributed by atoms with E-state index in [2.05, 4.69) is 17.6 Å². The average molecular weight is 256 g/mol. The standard InChI is InChI=1S/C12H20N2O4/c1-7-4-8(5-7)14-12(17)13-6-9-2-3-10(18-9)11(15)16/h7-10H,2-6H2,1H3,(H,15,16)(H2,13,14,17). The monoisotopic (exact) mass is 256 g/mol. The molecular formula is C12H20N2O4. The van der Waals surface area contributed by atoms with Crippen LogP contribution < -0.4 is 10.6 Å². The van der Waals surface area contributed by atoms with Gasteiger partial charge in [0.2, 0.25) is 0 Å². The Bertz CT molecular complexity index is 328. The minimum atomic E-state index is -0.926. The highest BCUT2D eigenvalue weighted by Crippen LogP contribution is 2.26. The molecule has 6 nitrogen and oxygen atoms in total. The third-order valence-corrected chi connectivity index (χ3v) is 3.58. The summed E-state index contributed by atoms with van der Waals surface area (Å²) >= 11 is 0. The van der Waals surface area contributed by atoms with Crippen LogP contribution in [0.1, 0.15) is 32.6 Å². The zero-order chi connectivity index (χ0) is 13.1. The fraction of sp³-hybridized carbons (Fsp3) is 0.833. The van der Waals surface area contributed by atoms with Crippen LogP contribution in [0, 0.1) is 5.92 Å². The highest BCUT2D eigenvalue weighted by molar-refractivity contribution is 5.74. The summed E-state index contributed by atoms with van der Waals surface area (Å²) in [6.07, 6.45) is 2.37. The molecule has 6 heteroatoms. The third kappa shape index (κ3) is 3.35. The fourth-order valence-corrected chi connectivity index (χ4v) is 2.50. The first-order chi connectivity index (χ1) is 8.54. The van der Waals surface area contributed by atoms with Crippen molar-refractivity contribution in [1.82, 2.24) is 10.6 Å². The molecule has 18 heavy (non-hydrogen) atoms. The Hall–Kier alpha value is -1.30. The van der Waals surface area contributed by atoms with Gasteiger partial charge in [0.1, 0.15) is 0 Å². The van der Waals surface area contributed by atoms with Gasteiger partial charge in [0, 0.05) is 12.6 Å². The zero-order valence-corrected chi connectivity index (χ0v) is 10.5. The van der Waals surface area contributed by atoms with Crippen molar-refractivity contribution in [2.45, 2.75) is 50.9 Å². The molecule has 0 aromatic carbocycles. The number of hydrogen-bond acceptors (Lipinski definition) is 3. The van der Waals surface area contributed by atoms with E-state index in [0.717, 1.165) is 12.8 Å². The predicted octanol–water partition coefficient (Wildman–Crippen LogP) is 0.716. The number of nitrogens with one attached hydrogen (secondary N) is 2. The first kappa shape index (κ1) is 13.1. The van der Waals surface area contributed by atoms with Crippen molar-refractivity contribution in [3.05, 3.63) is 0 Å². The van der Waals surface area contributed by atoms with Crippen LogP contribution in [0.15, 0.2) is 0 Å². The number of carbonyl (C=O) groups excluding carboxylic acids is 1. The number of carbonyl (C=O) groups is 2. The maximum absolute atomic E-state index is 11.5. The lowest BCUT2D eigenvalue weighted by atomic mass is 9.82. The second-order valence-corrected chi connectivity index (χ2v) is 5.29. The van der Waals surface area contributed by atoms with Gasteiger partial charge in [-0.2, -0.15) is 0 Å². The maximum Gasteiger partial charge on any atom is 0.332 e. The number of ether oxygens (including phenoxy) is 1. The molecule has 1 saturated heterocycles. The smallest absolute Gasteiger partial charge is 0.332 e. The Labute approximate surface area is 106 Å². The second-order valence-electron chi connectivity index (χ2n) is 5.29. The Morgan fingerprint density at radius 2 is 2.06 bits per heavy atom. The van der Waals surface area contributed by atoms with E-state index < -0.39 is 12.1 Å². The minimum absolute atomic E-state index is 0.183. The van der Waals surface area contributed by atoms with E-state index in [1.54, 1.807) is 0 Å². The number of carboxylic acids is 1. The summed E-state index contributed by atoms with van der Waals surface area (Å²) in [5.41, 5.74) is 0. The normalized spacial score (nSPS) is 34.7. The van der Waals surface area contributed by atoms with Crippen molar-refractivity contribution in [2.75, 3.05) is 6.54 Å². The summed E-state index contributed by atoms with van der Waals surface area (Å²) in [5.74, 6) is -0.227. The van der Waals surface area contributed by atoms with E-state index in [0.29, 0.717) is 25.3 Å². The Morgan fingerprint density at radius 1 is 1.33 bits per heavy atom. The van der Waals surface area contributed by atoms with Crippen molar-refractivity contribution in [2.24, 2.45) is 5.92 Å². The molecule has 1 saturated carbocycles. The van der Waals surface area contributed by atoms with E-state index in [1.165, 1.54) is 0 Å². The van der Waals surface area contributed by atoms with Crippen molar-refractivity contribution in [3.63, 3.8) is 0 Å². The minimum Gasteiger partial charge on any atom is -0.479 e. The van der Waals surface area contributed by atoms with Gasteiger partial charge >= 0.3 is 12.0 Å². The summed E-state index contributed by atoms with van der Waals surface area (Å²) in [6, 6.07) is 0.102. The van der Waals surface area contributed by atoms with Gasteiger partial charge in [-0.25, -0.2) is 9.59 Å². The van der Waals surface area contributed by atoms with Gasteiger partial charge in [-0.15, -0.1) is 0 Å². The predicted molar refractivity (Wildman–Crippen MR) is 64.3 cm³/mol. The van der Waals surface area contributed by atoms with Crippen molar-refractivity contribution >= 4 is 12.0 Å². The molecule has 1 aliphatic heterocycles. The van der Waals surface area contributed by atoms with E-state index in [4.69, 9.17) is 9.84 Å². The summed E-state index contributed by atoms with van der Waals surface area (Å²) in [5, 5.41) is 14.4. The summed E-state index contributed by atoms with van der Waals surface area (Å²) in [6.45, 7) is 2.53. The number of urea groups is 1. The molecule has 2 aliphatic rings. The highest BCUT2D eigenvalue weighted by atomic mass is 16.5. The van der Waals surface area contributed by atoms with Gasteiger partial charge < -0.3 is 20.5 Å². The molecule has 0 radical (unpaired) electrons. The average Bonchev–Trinajstić information content (AvgIpc) is 2.73. The summed E-state index contributed by atoms with van der Waals surface area (Å²) in [7, 11) is 0. The number of amides is 2. The summed E-state index contributed by atoms with van der Waals surface area (Å²) in [4.78, 5) is 22.2. The van der Waals surface area contributed by atoms with Gasteiger partial charge in [0.15, 0.2) is 6.10 Å². The van der Waals surface area contributed by atoms with Crippen LogP contribution in [0.5, 0.6) is 0 Å². The first-order valence-electron chi connectivity index (χ1n) is 6.47. The van der Waals surface area contributed by atoms with E-state index >= 15 is 0 Å². The van der Waals surface area contributed by atoms with Gasteiger partial charge in [0.25, 0.3) is 0 Å². The molecular weight excluding hydrogens is 236 g/mol. The van der Waals surface area contributed by atoms with E-state index in [9.17, 15) is 9.59 Å². The van der Waals surface area contributed by atoms with E-state index in [1.807, 2.05) is 0 Å². The lowest BCUT2D eigenvalue weighted by Crippen LogP contribution is -2.49. The zero-order valence-electron chi connectivity index (χ0n) is 10.5. The molecule has 2 atom stereocenters. The maximum atomic E-state index is 11.5. The molecule has 1 aliphatic carbocycles. The van der Waals surface area contributed by atoms with Gasteiger partial charge in [-0.05, 0) is 31.6 Å². The molecule has 0 spiro atoms. The lowest BCUT2D eigenvalue weighted by molar-refractivity contribution is -0.149. The number of hydrogen-bond donors (Lipinski definition) is 3. The van der Waals surface area contributed by atoms with Gasteiger partial charge in [-0.3, -0.25) is 0 Å². The van der Waals surface area contributed by atoms with Crippen LogP contribution in [-0.4, -0.2) is 41.9 Å². The van der Waals surface area contributed by atoms with Gasteiger partial charge in [-0.1, -0.05) is 6.92 Å². The van der Waals surface area contributed by atoms with Crippen LogP contribution in [0.25, 0.3) is 0 Å². The van der Waals surface area contributed by atoms with Crippen LogP contribution >= 0.6 is 0 Å². The van der Waals surface area contributed by atoms with Gasteiger partial charge in [0.05, 0.1) is 6.10 Å². The SMILES string of the molecule is CC1CC(NC(=O)NCC2CCC(C(=O)O)O2)C1. The van der Waals surface area contributed by atoms with Crippen molar-refractivity contribution < 1.29 is 19.4 Å². The molecule has 3 N–H and O–H groups in total. The largest absolute Gasteiger partial charge is 0.479 e. The van der Waals surface area contributed by atoms with Crippen molar-refractivity contribution in [3.8, 4) is 0 Å². The Balaban J connectivity index is 1.60. The molecule has 0 aromatic rings. The van der Waals surface area contributed by atoms with Crippen LogP contribution in [0.3, 0.4) is 0 Å². The summed E-state index contributed by atoms with van der Waals surface area (Å²) < 4.78 is 5.29. The molecule has 1 heterocycles. The molecule has 2 unspecified atom stereocenters. The molecule has 0 bridgehead atoms. The van der Waals surface area contributed by atoms with E-state index in [-0.39, 0.29) is 18.2 Å². The molecule has 0 aromatic heterocycles. The number of carboxylic acid groups (broad SMARTS) is 1. The molecule has 2 fully saturated rings. The molecule has 2 amide bonds. The van der Waals surface area contributed by atoms with Crippen LogP contribution in [0.2, 0.25) is 0 Å². The Morgan fingerprint density at radius 3 is 2.61 bits per heavy atom. The quantitative estimate of drug-likeness (QED) is 0.691. The number of aliphatic carboxylic acids is 1. The number of rotatable bonds is 4. The molecule has 102 valence electrons. The van der Waals surface area contributed by atoms with Crippen molar-refractivity contribution in [1.29, 1.82) is 0 Å². The highest BCUT2D eigenvalue weighted by Gasteiger charge is 2.31.